The summed E-state index contributed by atoms with van der Waals surface area (Å²) in [5.74, 6) is -1.91. The average molecular weight is 294 g/mol. The van der Waals surface area contributed by atoms with E-state index < -0.39 is 28.8 Å². The van der Waals surface area contributed by atoms with E-state index in [2.05, 4.69) is 0 Å². The average Bonchev–Trinajstić information content (AvgIpc) is 2.35. The van der Waals surface area contributed by atoms with Crippen LogP contribution in [-0.2, 0) is 0 Å². The second-order valence-electron chi connectivity index (χ2n) is 7.07. The third-order valence-corrected chi connectivity index (χ3v) is 5.78. The van der Waals surface area contributed by atoms with Gasteiger partial charge in [0.2, 0.25) is 0 Å². The first-order valence-corrected chi connectivity index (χ1v) is 7.71. The molecule has 1 nitrogen and oxygen atoms in total. The number of carbonyl (C=O) groups is 1. The van der Waals surface area contributed by atoms with Crippen LogP contribution in [-0.4, -0.2) is 5.78 Å². The van der Waals surface area contributed by atoms with E-state index in [1.165, 1.54) is 6.42 Å². The molecule has 0 radical (unpaired) electrons. The molecule has 4 bridgehead atoms. The molecule has 4 fully saturated rings. The van der Waals surface area contributed by atoms with Crippen molar-refractivity contribution in [2.75, 3.05) is 0 Å². The molecule has 4 saturated carbocycles. The molecule has 4 heteroatoms. The van der Waals surface area contributed by atoms with Crippen LogP contribution >= 0.6 is 0 Å². The highest BCUT2D eigenvalue weighted by molar-refractivity contribution is 5.99. The Kier molecular flexibility index (Phi) is 2.92. The summed E-state index contributed by atoms with van der Waals surface area (Å²) in [5.41, 5.74) is -0.533. The number of carbonyl (C=O) groups excluding carboxylic acids is 1. The van der Waals surface area contributed by atoms with Crippen LogP contribution in [0.3, 0.4) is 0 Å². The van der Waals surface area contributed by atoms with E-state index in [0.717, 1.165) is 25.7 Å². The maximum absolute atomic E-state index is 13.9. The molecule has 4 aliphatic rings. The summed E-state index contributed by atoms with van der Waals surface area (Å²) in [6.07, 6.45) is 5.29. The van der Waals surface area contributed by atoms with Crippen molar-refractivity contribution in [3.63, 3.8) is 0 Å². The van der Waals surface area contributed by atoms with E-state index in [0.29, 0.717) is 24.0 Å². The molecule has 0 saturated heterocycles. The van der Waals surface area contributed by atoms with Crippen LogP contribution in [0.4, 0.5) is 13.2 Å². The minimum atomic E-state index is -1.06. The van der Waals surface area contributed by atoms with Crippen molar-refractivity contribution in [1.29, 1.82) is 0 Å². The van der Waals surface area contributed by atoms with Gasteiger partial charge in [0, 0.05) is 18.1 Å². The topological polar surface area (TPSA) is 17.1 Å². The fraction of sp³-hybridized carbons (Fsp3) is 0.588. The monoisotopic (exact) mass is 294 g/mol. The summed E-state index contributed by atoms with van der Waals surface area (Å²) in [5, 5.41) is 0. The normalized spacial score (nSPS) is 37.0. The second-order valence-corrected chi connectivity index (χ2v) is 7.07. The van der Waals surface area contributed by atoms with Crippen molar-refractivity contribution in [1.82, 2.24) is 0 Å². The molecule has 0 heterocycles. The van der Waals surface area contributed by atoms with Crippen LogP contribution < -0.4 is 0 Å². The van der Waals surface area contributed by atoms with E-state index in [-0.39, 0.29) is 17.8 Å². The smallest absolute Gasteiger partial charge is 0.172 e. The first-order chi connectivity index (χ1) is 10.0. The predicted molar refractivity (Wildman–Crippen MR) is 71.2 cm³/mol. The lowest BCUT2D eigenvalue weighted by molar-refractivity contribution is -0.0254. The van der Waals surface area contributed by atoms with E-state index in [1.807, 2.05) is 0 Å². The molecule has 0 N–H and O–H groups in total. The molecule has 112 valence electrons. The molecule has 0 aromatic heterocycles. The molecule has 0 aliphatic heterocycles. The summed E-state index contributed by atoms with van der Waals surface area (Å²) < 4.78 is 40.8. The number of ketones is 1. The zero-order valence-corrected chi connectivity index (χ0v) is 11.6. The lowest BCUT2D eigenvalue weighted by atomic mass is 9.51. The first kappa shape index (κ1) is 13.4. The molecule has 5 rings (SSSR count). The van der Waals surface area contributed by atoms with Gasteiger partial charge in [0.25, 0.3) is 0 Å². The Morgan fingerprint density at radius 2 is 1.33 bits per heavy atom. The SMILES string of the molecule is O=C(c1c(F)cc(F)cc1F)C1C2CC3CC(C2)CC1C3. The molecule has 1 aromatic carbocycles. The number of hydrogen-bond acceptors (Lipinski definition) is 1. The molecule has 0 unspecified atom stereocenters. The van der Waals surface area contributed by atoms with Crippen molar-refractivity contribution >= 4 is 5.78 Å². The van der Waals surface area contributed by atoms with Gasteiger partial charge in [-0.25, -0.2) is 13.2 Å². The number of halogens is 3. The highest BCUT2D eigenvalue weighted by Gasteiger charge is 2.51. The largest absolute Gasteiger partial charge is 0.294 e. The number of Topliss-reactive ketones (excluding diaryl/α,β-unsaturated/α-hetero) is 1. The quantitative estimate of drug-likeness (QED) is 0.741. The van der Waals surface area contributed by atoms with Gasteiger partial charge < -0.3 is 0 Å². The van der Waals surface area contributed by atoms with Crippen molar-refractivity contribution in [3.8, 4) is 0 Å². The summed E-state index contributed by atoms with van der Waals surface area (Å²) in [4.78, 5) is 12.7. The van der Waals surface area contributed by atoms with E-state index in [1.54, 1.807) is 0 Å². The highest BCUT2D eigenvalue weighted by atomic mass is 19.1. The summed E-state index contributed by atoms with van der Waals surface area (Å²) in [7, 11) is 0. The Morgan fingerprint density at radius 3 is 1.81 bits per heavy atom. The minimum absolute atomic E-state index is 0.262. The fourth-order valence-electron chi connectivity index (χ4n) is 5.30. The van der Waals surface area contributed by atoms with E-state index in [9.17, 15) is 18.0 Å². The first-order valence-electron chi connectivity index (χ1n) is 7.71. The van der Waals surface area contributed by atoms with Crippen LogP contribution in [0.5, 0.6) is 0 Å². The van der Waals surface area contributed by atoms with Crippen LogP contribution in [0.15, 0.2) is 12.1 Å². The molecular weight excluding hydrogens is 277 g/mol. The van der Waals surface area contributed by atoms with Crippen molar-refractivity contribution in [3.05, 3.63) is 35.1 Å². The van der Waals surface area contributed by atoms with Crippen molar-refractivity contribution < 1.29 is 18.0 Å². The molecule has 21 heavy (non-hydrogen) atoms. The third-order valence-electron chi connectivity index (χ3n) is 5.78. The van der Waals surface area contributed by atoms with Crippen LogP contribution in [0.1, 0.15) is 42.5 Å². The fourth-order valence-corrected chi connectivity index (χ4v) is 5.30. The predicted octanol–water partition coefficient (Wildman–Crippen LogP) is 4.36. The van der Waals surface area contributed by atoms with E-state index in [4.69, 9.17) is 0 Å². The van der Waals surface area contributed by atoms with Crippen LogP contribution in [0, 0.1) is 47.0 Å². The van der Waals surface area contributed by atoms with Gasteiger partial charge in [-0.2, -0.15) is 0 Å². The summed E-state index contributed by atoms with van der Waals surface area (Å²) in [6.45, 7) is 0. The number of rotatable bonds is 2. The van der Waals surface area contributed by atoms with Gasteiger partial charge in [-0.05, 0) is 55.8 Å². The Hall–Kier alpha value is -1.32. The van der Waals surface area contributed by atoms with Crippen LogP contribution in [0.25, 0.3) is 0 Å². The maximum atomic E-state index is 13.9. The molecule has 0 atom stereocenters. The van der Waals surface area contributed by atoms with Gasteiger partial charge in [-0.15, -0.1) is 0 Å². The molecule has 1 aromatic rings. The summed E-state index contributed by atoms with van der Waals surface area (Å²) in [6, 6.07) is 1.21. The Balaban J connectivity index is 1.69. The van der Waals surface area contributed by atoms with Gasteiger partial charge in [0.1, 0.15) is 17.5 Å². The van der Waals surface area contributed by atoms with Gasteiger partial charge in [0.15, 0.2) is 5.78 Å². The Morgan fingerprint density at radius 1 is 0.857 bits per heavy atom. The van der Waals surface area contributed by atoms with Gasteiger partial charge in [-0.3, -0.25) is 4.79 Å². The molecular formula is C17H17F3O. The third kappa shape index (κ3) is 2.02. The van der Waals surface area contributed by atoms with Gasteiger partial charge in [-0.1, -0.05) is 0 Å². The highest BCUT2D eigenvalue weighted by Crippen LogP contribution is 2.57. The van der Waals surface area contributed by atoms with Crippen molar-refractivity contribution in [2.24, 2.45) is 29.6 Å². The van der Waals surface area contributed by atoms with Gasteiger partial charge in [0.05, 0.1) is 5.56 Å². The molecule has 4 aliphatic carbocycles. The zero-order chi connectivity index (χ0) is 14.7. The lowest BCUT2D eigenvalue weighted by Crippen LogP contribution is -2.48. The Labute approximate surface area is 121 Å². The number of hydrogen-bond donors (Lipinski definition) is 0. The Bertz CT molecular complexity index is 559. The lowest BCUT2D eigenvalue weighted by Gasteiger charge is -2.53. The minimum Gasteiger partial charge on any atom is -0.294 e. The summed E-state index contributed by atoms with van der Waals surface area (Å²) >= 11 is 0. The number of benzene rings is 1. The standard InChI is InChI=1S/C17H17F3O/c18-12-6-13(19)16(14(20)7-12)17(21)15-10-2-8-1-9(4-10)5-11(15)3-8/h6-11,15H,1-5H2. The zero-order valence-electron chi connectivity index (χ0n) is 11.6. The maximum Gasteiger partial charge on any atom is 0.172 e. The van der Waals surface area contributed by atoms with E-state index >= 15 is 0 Å². The molecule has 0 amide bonds. The van der Waals surface area contributed by atoms with Crippen LogP contribution in [0.2, 0.25) is 0 Å². The van der Waals surface area contributed by atoms with Gasteiger partial charge >= 0.3 is 0 Å². The second kappa shape index (κ2) is 4.59. The van der Waals surface area contributed by atoms with Crippen molar-refractivity contribution in [2.45, 2.75) is 32.1 Å². The molecule has 0 spiro atoms.